The molecule has 0 radical (unpaired) electrons. The summed E-state index contributed by atoms with van der Waals surface area (Å²) < 4.78 is 37.9. The number of piperidine rings is 1. The van der Waals surface area contributed by atoms with Gasteiger partial charge in [0.25, 0.3) is 0 Å². The van der Waals surface area contributed by atoms with Gasteiger partial charge in [-0.3, -0.25) is 4.79 Å². The molecule has 0 spiro atoms. The van der Waals surface area contributed by atoms with Gasteiger partial charge in [-0.25, -0.2) is 0 Å². The fraction of sp³-hybridized carbons (Fsp3) is 0.429. The summed E-state index contributed by atoms with van der Waals surface area (Å²) in [7, 11) is 0. The van der Waals surface area contributed by atoms with Crippen LogP contribution in [0.3, 0.4) is 0 Å². The number of carbonyl (C=O) groups is 1. The fourth-order valence-electron chi connectivity index (χ4n) is 2.45. The lowest BCUT2D eigenvalue weighted by Gasteiger charge is -2.32. The van der Waals surface area contributed by atoms with E-state index in [0.717, 1.165) is 12.1 Å². The van der Waals surface area contributed by atoms with Crippen LogP contribution in [0.15, 0.2) is 18.2 Å². The quantitative estimate of drug-likeness (QED) is 0.912. The van der Waals surface area contributed by atoms with Crippen LogP contribution in [-0.2, 0) is 11.0 Å². The molecule has 1 aliphatic heterocycles. The van der Waals surface area contributed by atoms with E-state index in [1.54, 1.807) is 11.0 Å². The van der Waals surface area contributed by atoms with Crippen LogP contribution >= 0.6 is 0 Å². The van der Waals surface area contributed by atoms with Crippen LogP contribution < -0.4 is 4.90 Å². The maximum atomic E-state index is 12.6. The number of aliphatic carboxylic acids is 1. The second-order valence-electron chi connectivity index (χ2n) is 4.94. The van der Waals surface area contributed by atoms with Crippen molar-refractivity contribution in [1.82, 2.24) is 0 Å². The summed E-state index contributed by atoms with van der Waals surface area (Å²) >= 11 is 0. The second kappa shape index (κ2) is 5.64. The number of hydrogen-bond acceptors (Lipinski definition) is 3. The standard InChI is InChI=1S/C14H13F3N2O2/c15-14(16,17)11-1-2-12(10(7-11)8-18)19-5-3-9(4-6-19)13(20)21/h1-2,7,9H,3-6H2,(H,20,21). The molecule has 0 saturated carbocycles. The number of benzene rings is 1. The van der Waals surface area contributed by atoms with Crippen molar-refractivity contribution in [3.05, 3.63) is 29.3 Å². The van der Waals surface area contributed by atoms with Gasteiger partial charge < -0.3 is 10.0 Å². The van der Waals surface area contributed by atoms with Gasteiger partial charge in [0, 0.05) is 13.1 Å². The molecule has 112 valence electrons. The lowest BCUT2D eigenvalue weighted by molar-refractivity contribution is -0.142. The Morgan fingerprint density at radius 1 is 1.33 bits per heavy atom. The predicted octanol–water partition coefficient (Wildman–Crippen LogP) is 2.88. The molecule has 0 bridgehead atoms. The van der Waals surface area contributed by atoms with Crippen molar-refractivity contribution >= 4 is 11.7 Å². The molecule has 2 rings (SSSR count). The molecule has 1 heterocycles. The molecule has 4 nitrogen and oxygen atoms in total. The molecule has 1 aliphatic rings. The molecule has 0 amide bonds. The lowest BCUT2D eigenvalue weighted by Crippen LogP contribution is -2.36. The Labute approximate surface area is 119 Å². The minimum Gasteiger partial charge on any atom is -0.481 e. The number of halogens is 3. The summed E-state index contributed by atoms with van der Waals surface area (Å²) in [6.07, 6.45) is -3.65. The molecule has 1 aromatic carbocycles. The number of carboxylic acid groups (broad SMARTS) is 1. The average molecular weight is 298 g/mol. The van der Waals surface area contributed by atoms with Crippen molar-refractivity contribution in [3.8, 4) is 6.07 Å². The van der Waals surface area contributed by atoms with Gasteiger partial charge in [0.15, 0.2) is 0 Å². The number of hydrogen-bond donors (Lipinski definition) is 1. The van der Waals surface area contributed by atoms with E-state index < -0.39 is 23.6 Å². The number of anilines is 1. The van der Waals surface area contributed by atoms with Gasteiger partial charge in [0.2, 0.25) is 0 Å². The van der Waals surface area contributed by atoms with Crippen LogP contribution in [-0.4, -0.2) is 24.2 Å². The molecule has 1 fully saturated rings. The van der Waals surface area contributed by atoms with E-state index >= 15 is 0 Å². The van der Waals surface area contributed by atoms with Gasteiger partial charge in [-0.2, -0.15) is 18.4 Å². The van der Waals surface area contributed by atoms with Crippen molar-refractivity contribution < 1.29 is 23.1 Å². The Hall–Kier alpha value is -2.23. The maximum absolute atomic E-state index is 12.6. The van der Waals surface area contributed by atoms with Crippen LogP contribution in [0, 0.1) is 17.2 Å². The molecule has 0 aromatic heterocycles. The molecule has 21 heavy (non-hydrogen) atoms. The Morgan fingerprint density at radius 3 is 2.43 bits per heavy atom. The summed E-state index contributed by atoms with van der Waals surface area (Å²) in [5.41, 5.74) is -0.476. The molecule has 1 N–H and O–H groups in total. The molecule has 0 unspecified atom stereocenters. The van der Waals surface area contributed by atoms with E-state index in [1.807, 2.05) is 0 Å². The highest BCUT2D eigenvalue weighted by atomic mass is 19.4. The van der Waals surface area contributed by atoms with Gasteiger partial charge >= 0.3 is 12.1 Å². The van der Waals surface area contributed by atoms with E-state index in [9.17, 15) is 18.0 Å². The van der Waals surface area contributed by atoms with E-state index in [2.05, 4.69) is 0 Å². The second-order valence-corrected chi connectivity index (χ2v) is 4.94. The van der Waals surface area contributed by atoms with Gasteiger partial charge in [-0.1, -0.05) is 0 Å². The molecular weight excluding hydrogens is 285 g/mol. The Morgan fingerprint density at radius 2 is 1.95 bits per heavy atom. The number of nitrogens with zero attached hydrogens (tertiary/aromatic N) is 2. The SMILES string of the molecule is N#Cc1cc(C(F)(F)F)ccc1N1CCC(C(=O)O)CC1. The van der Waals surface area contributed by atoms with Gasteiger partial charge in [-0.15, -0.1) is 0 Å². The first-order chi connectivity index (χ1) is 9.82. The average Bonchev–Trinajstić information content (AvgIpc) is 2.45. The summed E-state index contributed by atoms with van der Waals surface area (Å²) in [5, 5.41) is 18.0. The summed E-state index contributed by atoms with van der Waals surface area (Å²) in [6.45, 7) is 0.827. The number of carboxylic acids is 1. The van der Waals surface area contributed by atoms with Crippen LogP contribution in [0.4, 0.5) is 18.9 Å². The summed E-state index contributed by atoms with van der Waals surface area (Å²) in [6, 6.07) is 4.84. The van der Waals surface area contributed by atoms with E-state index in [4.69, 9.17) is 10.4 Å². The topological polar surface area (TPSA) is 64.3 Å². The zero-order valence-corrected chi connectivity index (χ0v) is 11.0. The summed E-state index contributed by atoms with van der Waals surface area (Å²) in [4.78, 5) is 12.6. The number of alkyl halides is 3. The molecule has 0 atom stereocenters. The highest BCUT2D eigenvalue weighted by Crippen LogP contribution is 2.33. The zero-order valence-electron chi connectivity index (χ0n) is 11.0. The lowest BCUT2D eigenvalue weighted by atomic mass is 9.96. The van der Waals surface area contributed by atoms with E-state index in [1.165, 1.54) is 6.07 Å². The largest absolute Gasteiger partial charge is 0.481 e. The smallest absolute Gasteiger partial charge is 0.416 e. The van der Waals surface area contributed by atoms with Crippen molar-refractivity contribution in [2.24, 2.45) is 5.92 Å². The Bertz CT molecular complexity index is 585. The van der Waals surface area contributed by atoms with E-state index in [-0.39, 0.29) is 5.56 Å². The third-order valence-electron chi connectivity index (χ3n) is 3.63. The van der Waals surface area contributed by atoms with Gasteiger partial charge in [-0.05, 0) is 31.0 Å². The van der Waals surface area contributed by atoms with Crippen molar-refractivity contribution in [3.63, 3.8) is 0 Å². The third kappa shape index (κ3) is 3.27. The maximum Gasteiger partial charge on any atom is 0.416 e. The highest BCUT2D eigenvalue weighted by molar-refractivity contribution is 5.70. The third-order valence-corrected chi connectivity index (χ3v) is 3.63. The van der Waals surface area contributed by atoms with Crippen LogP contribution in [0.1, 0.15) is 24.0 Å². The van der Waals surface area contributed by atoms with Gasteiger partial charge in [0.1, 0.15) is 6.07 Å². The minimum atomic E-state index is -4.49. The Balaban J connectivity index is 2.22. The molecule has 1 aromatic rings. The fourth-order valence-corrected chi connectivity index (χ4v) is 2.45. The first-order valence-corrected chi connectivity index (χ1v) is 6.42. The van der Waals surface area contributed by atoms with Crippen LogP contribution in [0.2, 0.25) is 0 Å². The number of rotatable bonds is 2. The Kier molecular flexibility index (Phi) is 4.07. The normalized spacial score (nSPS) is 16.6. The highest BCUT2D eigenvalue weighted by Gasteiger charge is 2.32. The molecule has 0 aliphatic carbocycles. The number of nitriles is 1. The van der Waals surface area contributed by atoms with Crippen LogP contribution in [0.25, 0.3) is 0 Å². The predicted molar refractivity (Wildman–Crippen MR) is 68.7 cm³/mol. The van der Waals surface area contributed by atoms with Crippen molar-refractivity contribution in [1.29, 1.82) is 5.26 Å². The molecular formula is C14H13F3N2O2. The van der Waals surface area contributed by atoms with Crippen molar-refractivity contribution in [2.45, 2.75) is 19.0 Å². The summed E-state index contributed by atoms with van der Waals surface area (Å²) in [5.74, 6) is -1.29. The minimum absolute atomic E-state index is 0.0430. The van der Waals surface area contributed by atoms with E-state index in [0.29, 0.717) is 31.6 Å². The van der Waals surface area contributed by atoms with Crippen LogP contribution in [0.5, 0.6) is 0 Å². The molecule has 7 heteroatoms. The monoisotopic (exact) mass is 298 g/mol. The first-order valence-electron chi connectivity index (χ1n) is 6.42. The first kappa shape index (κ1) is 15.2. The van der Waals surface area contributed by atoms with Crippen molar-refractivity contribution in [2.75, 3.05) is 18.0 Å². The zero-order chi connectivity index (χ0) is 15.6. The van der Waals surface area contributed by atoms with Gasteiger partial charge in [0.05, 0.1) is 22.7 Å². The molecule has 1 saturated heterocycles.